The van der Waals surface area contributed by atoms with Crippen molar-refractivity contribution in [2.24, 2.45) is 0 Å². The molecule has 0 aliphatic carbocycles. The maximum absolute atomic E-state index is 7.24. The molecule has 7 rings (SSSR count). The first-order valence-electron chi connectivity index (χ1n) is 12.7. The van der Waals surface area contributed by atoms with Gasteiger partial charge in [-0.15, -0.1) is 0 Å². The number of benzene rings is 6. The normalized spacial score (nSPS) is 11.1. The molecule has 176 valence electrons. The van der Waals surface area contributed by atoms with Crippen LogP contribution in [0.15, 0.2) is 134 Å². The van der Waals surface area contributed by atoms with Crippen LogP contribution >= 0.6 is 0 Å². The molecule has 0 saturated carbocycles. The van der Waals surface area contributed by atoms with Crippen molar-refractivity contribution in [1.82, 2.24) is 4.98 Å². The van der Waals surface area contributed by atoms with Crippen molar-refractivity contribution in [3.63, 3.8) is 0 Å². The summed E-state index contributed by atoms with van der Waals surface area (Å²) in [5.74, 6) is 0. The number of rotatable bonds is 3. The Morgan fingerprint density at radius 2 is 1.08 bits per heavy atom. The van der Waals surface area contributed by atoms with E-state index in [1.165, 1.54) is 43.8 Å². The van der Waals surface area contributed by atoms with E-state index in [2.05, 4.69) is 107 Å². The summed E-state index contributed by atoms with van der Waals surface area (Å²) in [5.41, 5.74) is 8.69. The van der Waals surface area contributed by atoms with E-state index in [1.54, 1.807) is 0 Å². The van der Waals surface area contributed by atoms with Gasteiger partial charge in [0.15, 0.2) is 5.69 Å². The van der Waals surface area contributed by atoms with E-state index in [0.717, 1.165) is 22.0 Å². The van der Waals surface area contributed by atoms with Crippen LogP contribution in [0.2, 0.25) is 0 Å². The van der Waals surface area contributed by atoms with E-state index in [0.29, 0.717) is 5.69 Å². The predicted octanol–water partition coefficient (Wildman–Crippen LogP) is 10.1. The van der Waals surface area contributed by atoms with Crippen LogP contribution in [-0.2, 0) is 0 Å². The molecule has 1 heterocycles. The molecule has 6 aromatic carbocycles. The third-order valence-electron chi connectivity index (χ3n) is 7.31. The monoisotopic (exact) mass is 482 g/mol. The molecule has 0 atom stereocenters. The van der Waals surface area contributed by atoms with Gasteiger partial charge in [-0.2, -0.15) is 0 Å². The topological polar surface area (TPSA) is 17.2 Å². The molecule has 2 heteroatoms. The number of hydrogen-bond acceptors (Lipinski definition) is 1. The van der Waals surface area contributed by atoms with Crippen LogP contribution in [-0.4, -0.2) is 4.98 Å². The molecule has 7 aromatic rings. The van der Waals surface area contributed by atoms with Gasteiger partial charge in [-0.05, 0) is 73.6 Å². The number of pyridine rings is 1. The summed E-state index contributed by atoms with van der Waals surface area (Å²) in [6, 6.07) is 44.7. The predicted molar refractivity (Wildman–Crippen MR) is 159 cm³/mol. The van der Waals surface area contributed by atoms with Gasteiger partial charge in [0, 0.05) is 17.1 Å². The van der Waals surface area contributed by atoms with Crippen LogP contribution in [0, 0.1) is 6.57 Å². The number of para-hydroxylation sites is 1. The molecule has 1 aromatic heterocycles. The van der Waals surface area contributed by atoms with Gasteiger partial charge in [0.05, 0.1) is 12.1 Å². The third kappa shape index (κ3) is 3.79. The number of hydrogen-bond donors (Lipinski definition) is 0. The van der Waals surface area contributed by atoms with E-state index in [-0.39, 0.29) is 0 Å². The van der Waals surface area contributed by atoms with Crippen LogP contribution in [0.5, 0.6) is 0 Å². The molecule has 0 unspecified atom stereocenters. The summed E-state index contributed by atoms with van der Waals surface area (Å²) < 4.78 is 0. The highest BCUT2D eigenvalue weighted by molar-refractivity contribution is 6.01. The van der Waals surface area contributed by atoms with E-state index < -0.39 is 0 Å². The summed E-state index contributed by atoms with van der Waals surface area (Å²) in [4.78, 5) is 8.17. The lowest BCUT2D eigenvalue weighted by molar-refractivity contribution is 1.41. The van der Waals surface area contributed by atoms with Crippen LogP contribution in [0.25, 0.3) is 70.7 Å². The molecule has 38 heavy (non-hydrogen) atoms. The first-order valence-corrected chi connectivity index (χ1v) is 12.7. The average molecular weight is 483 g/mol. The summed E-state index contributed by atoms with van der Waals surface area (Å²) in [7, 11) is 0. The second-order valence-corrected chi connectivity index (χ2v) is 9.56. The van der Waals surface area contributed by atoms with Gasteiger partial charge >= 0.3 is 0 Å². The Bertz CT molecular complexity index is 2020. The SMILES string of the molecule is [C-]#[N+]c1ccc(-c2cccc3ccc(-c4ccc5cc(-c6cccc7cccnc67)ccc5c4)cc23)cc1. The molecule has 0 aliphatic rings. The fourth-order valence-corrected chi connectivity index (χ4v) is 5.35. The molecule has 0 radical (unpaired) electrons. The standard InChI is InChI=1S/C36H22N2/c1-37-32-18-16-25(17-19-32)33-8-2-5-24-10-11-30(23-35(24)33)28-12-13-29-22-31(15-14-27(29)21-28)34-9-3-6-26-7-4-20-38-36(26)34/h2-23H. The van der Waals surface area contributed by atoms with Crippen LogP contribution in [0.1, 0.15) is 0 Å². The van der Waals surface area contributed by atoms with Gasteiger partial charge in [0.2, 0.25) is 0 Å². The summed E-state index contributed by atoms with van der Waals surface area (Å²) >= 11 is 0. The first-order chi connectivity index (χ1) is 18.8. The number of fused-ring (bicyclic) bond motifs is 3. The fraction of sp³-hybridized carbons (Fsp3) is 0. The zero-order valence-electron chi connectivity index (χ0n) is 20.6. The minimum atomic E-state index is 0.658. The lowest BCUT2D eigenvalue weighted by atomic mass is 9.93. The minimum Gasteiger partial charge on any atom is -0.256 e. The van der Waals surface area contributed by atoms with Crippen molar-refractivity contribution in [2.45, 2.75) is 0 Å². The zero-order valence-corrected chi connectivity index (χ0v) is 20.6. The first kappa shape index (κ1) is 22.0. The Labute approximate surface area is 221 Å². The molecule has 0 saturated heterocycles. The molecule has 0 fully saturated rings. The number of nitrogens with zero attached hydrogens (tertiary/aromatic N) is 2. The molecular weight excluding hydrogens is 460 g/mol. The smallest absolute Gasteiger partial charge is 0.187 e. The van der Waals surface area contributed by atoms with Crippen molar-refractivity contribution in [2.75, 3.05) is 0 Å². The van der Waals surface area contributed by atoms with E-state index in [1.807, 2.05) is 36.5 Å². The van der Waals surface area contributed by atoms with Crippen molar-refractivity contribution in [1.29, 1.82) is 0 Å². The molecule has 0 aliphatic heterocycles. The summed E-state index contributed by atoms with van der Waals surface area (Å²) in [5, 5.41) is 5.98. The van der Waals surface area contributed by atoms with E-state index >= 15 is 0 Å². The summed E-state index contributed by atoms with van der Waals surface area (Å²) in [6.45, 7) is 7.24. The quantitative estimate of drug-likeness (QED) is 0.229. The van der Waals surface area contributed by atoms with Gasteiger partial charge < -0.3 is 0 Å². The number of aromatic nitrogens is 1. The van der Waals surface area contributed by atoms with Crippen LogP contribution in [0.3, 0.4) is 0 Å². The molecule has 2 nitrogen and oxygen atoms in total. The highest BCUT2D eigenvalue weighted by Crippen LogP contribution is 2.35. The van der Waals surface area contributed by atoms with Gasteiger partial charge in [-0.1, -0.05) is 103 Å². The van der Waals surface area contributed by atoms with Gasteiger partial charge in [-0.25, -0.2) is 4.85 Å². The van der Waals surface area contributed by atoms with Crippen molar-refractivity contribution < 1.29 is 0 Å². The highest BCUT2D eigenvalue weighted by atomic mass is 14.6. The lowest BCUT2D eigenvalue weighted by Crippen LogP contribution is -1.86. The Balaban J connectivity index is 1.30. The maximum atomic E-state index is 7.24. The molecule has 0 N–H and O–H groups in total. The Morgan fingerprint density at radius 3 is 1.87 bits per heavy atom. The zero-order chi connectivity index (χ0) is 25.5. The van der Waals surface area contributed by atoms with Gasteiger partial charge in [-0.3, -0.25) is 4.98 Å². The van der Waals surface area contributed by atoms with Gasteiger partial charge in [0.1, 0.15) is 0 Å². The molecular formula is C36H22N2. The Hall–Kier alpha value is -5.26. The second-order valence-electron chi connectivity index (χ2n) is 9.56. The van der Waals surface area contributed by atoms with Gasteiger partial charge in [0.25, 0.3) is 0 Å². The molecule has 0 bridgehead atoms. The minimum absolute atomic E-state index is 0.658. The average Bonchev–Trinajstić information content (AvgIpc) is 3.00. The van der Waals surface area contributed by atoms with Crippen molar-refractivity contribution >= 4 is 38.1 Å². The summed E-state index contributed by atoms with van der Waals surface area (Å²) in [6.07, 6.45) is 1.86. The van der Waals surface area contributed by atoms with Crippen molar-refractivity contribution in [3.05, 3.63) is 145 Å². The second kappa shape index (κ2) is 9.00. The fourth-order valence-electron chi connectivity index (χ4n) is 5.35. The van der Waals surface area contributed by atoms with Crippen LogP contribution in [0.4, 0.5) is 5.69 Å². The van der Waals surface area contributed by atoms with E-state index in [9.17, 15) is 0 Å². The largest absolute Gasteiger partial charge is 0.256 e. The third-order valence-corrected chi connectivity index (χ3v) is 7.31. The maximum Gasteiger partial charge on any atom is 0.187 e. The Kier molecular flexibility index (Phi) is 5.20. The highest BCUT2D eigenvalue weighted by Gasteiger charge is 2.09. The molecule has 0 spiro atoms. The lowest BCUT2D eigenvalue weighted by Gasteiger charge is -2.11. The Morgan fingerprint density at radius 1 is 0.474 bits per heavy atom. The van der Waals surface area contributed by atoms with E-state index in [4.69, 9.17) is 6.57 Å². The van der Waals surface area contributed by atoms with Crippen molar-refractivity contribution in [3.8, 4) is 33.4 Å². The molecule has 0 amide bonds. The van der Waals surface area contributed by atoms with Crippen LogP contribution < -0.4 is 0 Å².